The summed E-state index contributed by atoms with van der Waals surface area (Å²) < 4.78 is 10.8. The van der Waals surface area contributed by atoms with Crippen molar-refractivity contribution in [1.82, 2.24) is 10.3 Å². The fourth-order valence-electron chi connectivity index (χ4n) is 2.35. The van der Waals surface area contributed by atoms with Gasteiger partial charge in [-0.25, -0.2) is 0 Å². The zero-order valence-corrected chi connectivity index (χ0v) is 12.8. The van der Waals surface area contributed by atoms with Gasteiger partial charge >= 0.3 is 0 Å². The quantitative estimate of drug-likeness (QED) is 0.721. The van der Waals surface area contributed by atoms with Crippen LogP contribution in [0.5, 0.6) is 0 Å². The van der Waals surface area contributed by atoms with Crippen LogP contribution in [0.1, 0.15) is 24.9 Å². The molecule has 0 amide bonds. The van der Waals surface area contributed by atoms with E-state index < -0.39 is 0 Å². The predicted molar refractivity (Wildman–Crippen MR) is 85.5 cm³/mol. The van der Waals surface area contributed by atoms with Crippen molar-refractivity contribution in [3.63, 3.8) is 0 Å². The predicted octanol–water partition coefficient (Wildman–Crippen LogP) is 2.94. The van der Waals surface area contributed by atoms with Crippen LogP contribution in [-0.4, -0.2) is 38.5 Å². The Kier molecular flexibility index (Phi) is 6.60. The van der Waals surface area contributed by atoms with Gasteiger partial charge in [0, 0.05) is 18.7 Å². The van der Waals surface area contributed by atoms with Crippen molar-refractivity contribution in [2.45, 2.75) is 19.4 Å². The molecule has 4 nitrogen and oxygen atoms in total. The molecule has 0 fully saturated rings. The van der Waals surface area contributed by atoms with Gasteiger partial charge in [0.15, 0.2) is 0 Å². The SMILES string of the molecule is CCCNC(COCCOC)c1cccc2ncccc12. The molecule has 1 heterocycles. The molecule has 0 aliphatic heterocycles. The first-order valence-corrected chi connectivity index (χ1v) is 7.50. The summed E-state index contributed by atoms with van der Waals surface area (Å²) in [5, 5.41) is 4.75. The summed E-state index contributed by atoms with van der Waals surface area (Å²) in [6.07, 6.45) is 2.92. The highest BCUT2D eigenvalue weighted by atomic mass is 16.5. The van der Waals surface area contributed by atoms with Crippen LogP contribution in [0.3, 0.4) is 0 Å². The number of aromatic nitrogens is 1. The molecule has 0 radical (unpaired) electrons. The molecule has 2 rings (SSSR count). The van der Waals surface area contributed by atoms with E-state index >= 15 is 0 Å². The van der Waals surface area contributed by atoms with Crippen LogP contribution in [0, 0.1) is 0 Å². The lowest BCUT2D eigenvalue weighted by molar-refractivity contribution is 0.0588. The summed E-state index contributed by atoms with van der Waals surface area (Å²) in [5.41, 5.74) is 2.27. The van der Waals surface area contributed by atoms with E-state index in [0.717, 1.165) is 18.5 Å². The Morgan fingerprint density at radius 1 is 1.19 bits per heavy atom. The Hall–Kier alpha value is -1.49. The molecule has 0 aliphatic carbocycles. The van der Waals surface area contributed by atoms with Crippen LogP contribution in [0.15, 0.2) is 36.5 Å². The van der Waals surface area contributed by atoms with Gasteiger partial charge in [-0.3, -0.25) is 4.98 Å². The molecule has 0 aliphatic rings. The second-order valence-electron chi connectivity index (χ2n) is 4.99. The summed E-state index contributed by atoms with van der Waals surface area (Å²) in [7, 11) is 1.69. The first-order valence-electron chi connectivity index (χ1n) is 7.50. The van der Waals surface area contributed by atoms with E-state index in [4.69, 9.17) is 9.47 Å². The van der Waals surface area contributed by atoms with Crippen molar-refractivity contribution >= 4 is 10.9 Å². The largest absolute Gasteiger partial charge is 0.382 e. The van der Waals surface area contributed by atoms with Crippen molar-refractivity contribution in [1.29, 1.82) is 0 Å². The number of pyridine rings is 1. The molecule has 1 atom stereocenters. The summed E-state index contributed by atoms with van der Waals surface area (Å²) in [5.74, 6) is 0. The number of nitrogens with zero attached hydrogens (tertiary/aromatic N) is 1. The van der Waals surface area contributed by atoms with E-state index in [1.165, 1.54) is 10.9 Å². The fraction of sp³-hybridized carbons (Fsp3) is 0.471. The topological polar surface area (TPSA) is 43.4 Å². The fourth-order valence-corrected chi connectivity index (χ4v) is 2.35. The molecule has 0 saturated carbocycles. The molecular weight excluding hydrogens is 264 g/mol. The summed E-state index contributed by atoms with van der Waals surface area (Å²) in [4.78, 5) is 4.43. The maximum absolute atomic E-state index is 5.73. The van der Waals surface area contributed by atoms with Gasteiger partial charge in [0.25, 0.3) is 0 Å². The number of ether oxygens (including phenoxy) is 2. The van der Waals surface area contributed by atoms with Gasteiger partial charge < -0.3 is 14.8 Å². The van der Waals surface area contributed by atoms with Crippen LogP contribution in [-0.2, 0) is 9.47 Å². The van der Waals surface area contributed by atoms with E-state index in [1.807, 2.05) is 18.3 Å². The molecule has 1 N–H and O–H groups in total. The van der Waals surface area contributed by atoms with Crippen molar-refractivity contribution in [2.75, 3.05) is 33.5 Å². The van der Waals surface area contributed by atoms with Crippen LogP contribution in [0.4, 0.5) is 0 Å². The maximum atomic E-state index is 5.73. The highest BCUT2D eigenvalue weighted by molar-refractivity contribution is 5.82. The first kappa shape index (κ1) is 15.9. The van der Waals surface area contributed by atoms with Gasteiger partial charge in [-0.2, -0.15) is 0 Å². The zero-order valence-electron chi connectivity index (χ0n) is 12.8. The van der Waals surface area contributed by atoms with E-state index in [1.54, 1.807) is 7.11 Å². The Bertz CT molecular complexity index is 540. The molecule has 2 aromatic rings. The number of rotatable bonds is 9. The maximum Gasteiger partial charge on any atom is 0.0705 e. The highest BCUT2D eigenvalue weighted by Gasteiger charge is 2.14. The Labute approximate surface area is 126 Å². The monoisotopic (exact) mass is 288 g/mol. The van der Waals surface area contributed by atoms with E-state index in [9.17, 15) is 0 Å². The summed E-state index contributed by atoms with van der Waals surface area (Å²) in [6.45, 7) is 5.01. The summed E-state index contributed by atoms with van der Waals surface area (Å²) >= 11 is 0. The van der Waals surface area contributed by atoms with Gasteiger partial charge in [0.2, 0.25) is 0 Å². The van der Waals surface area contributed by atoms with Gasteiger partial charge in [0.05, 0.1) is 31.4 Å². The first-order chi connectivity index (χ1) is 10.4. The molecule has 0 saturated heterocycles. The third-order valence-corrected chi connectivity index (χ3v) is 3.41. The summed E-state index contributed by atoms with van der Waals surface area (Å²) in [6, 6.07) is 10.5. The van der Waals surface area contributed by atoms with E-state index in [0.29, 0.717) is 19.8 Å². The van der Waals surface area contributed by atoms with Crippen LogP contribution in [0.2, 0.25) is 0 Å². The normalized spacial score (nSPS) is 12.7. The number of methoxy groups -OCH3 is 1. The number of fused-ring (bicyclic) bond motifs is 1. The van der Waals surface area contributed by atoms with Crippen LogP contribution >= 0.6 is 0 Å². The lowest BCUT2D eigenvalue weighted by atomic mass is 10.0. The van der Waals surface area contributed by atoms with E-state index in [2.05, 4.69) is 35.4 Å². The second kappa shape index (κ2) is 8.72. The molecule has 1 aromatic carbocycles. The molecule has 1 unspecified atom stereocenters. The van der Waals surface area contributed by atoms with Gasteiger partial charge in [-0.15, -0.1) is 0 Å². The lowest BCUT2D eigenvalue weighted by Gasteiger charge is -2.20. The van der Waals surface area contributed by atoms with Gasteiger partial charge in [-0.05, 0) is 30.7 Å². The minimum absolute atomic E-state index is 0.176. The molecule has 0 spiro atoms. The van der Waals surface area contributed by atoms with Crippen LogP contribution < -0.4 is 5.32 Å². The second-order valence-corrected chi connectivity index (χ2v) is 4.99. The standard InChI is InChI=1S/C17H24N2O2/c1-3-9-18-17(13-21-12-11-20-2)15-6-4-8-16-14(15)7-5-10-19-16/h4-8,10,17-18H,3,9,11-13H2,1-2H3. The number of hydrogen-bond acceptors (Lipinski definition) is 4. The van der Waals surface area contributed by atoms with Crippen molar-refractivity contribution in [3.05, 3.63) is 42.1 Å². The number of benzene rings is 1. The molecule has 4 heteroatoms. The average Bonchev–Trinajstić information content (AvgIpc) is 2.54. The molecule has 21 heavy (non-hydrogen) atoms. The van der Waals surface area contributed by atoms with Crippen molar-refractivity contribution in [2.24, 2.45) is 0 Å². The third-order valence-electron chi connectivity index (χ3n) is 3.41. The Morgan fingerprint density at radius 3 is 2.90 bits per heavy atom. The van der Waals surface area contributed by atoms with Crippen molar-refractivity contribution in [3.8, 4) is 0 Å². The van der Waals surface area contributed by atoms with Gasteiger partial charge in [0.1, 0.15) is 0 Å². The number of nitrogens with one attached hydrogen (secondary N) is 1. The third kappa shape index (κ3) is 4.49. The minimum Gasteiger partial charge on any atom is -0.382 e. The van der Waals surface area contributed by atoms with Gasteiger partial charge in [-0.1, -0.05) is 25.1 Å². The highest BCUT2D eigenvalue weighted by Crippen LogP contribution is 2.23. The van der Waals surface area contributed by atoms with Crippen molar-refractivity contribution < 1.29 is 9.47 Å². The van der Waals surface area contributed by atoms with E-state index in [-0.39, 0.29) is 6.04 Å². The number of hydrogen-bond donors (Lipinski definition) is 1. The minimum atomic E-state index is 0.176. The Morgan fingerprint density at radius 2 is 2.10 bits per heavy atom. The molecule has 0 bridgehead atoms. The molecule has 114 valence electrons. The average molecular weight is 288 g/mol. The lowest BCUT2D eigenvalue weighted by Crippen LogP contribution is -2.27. The zero-order chi connectivity index (χ0) is 14.9. The molecule has 1 aromatic heterocycles. The molecular formula is C17H24N2O2. The Balaban J connectivity index is 2.17. The van der Waals surface area contributed by atoms with Crippen LogP contribution in [0.25, 0.3) is 10.9 Å². The smallest absolute Gasteiger partial charge is 0.0705 e.